The molecule has 1 aromatic rings. The standard InChI is InChI=1S/C16H25NO6S/c1-16(2,3)22-15(18)17-13(11-21-4)10-12-6-8-14(9-7-12)23-24(5,19)20/h6-9,13H,10-11H2,1-5H3,(H,17,18). The molecule has 0 aromatic heterocycles. The molecule has 1 unspecified atom stereocenters. The van der Waals surface area contributed by atoms with Crippen LogP contribution in [-0.4, -0.2) is 46.1 Å². The molecular weight excluding hydrogens is 334 g/mol. The monoisotopic (exact) mass is 359 g/mol. The first kappa shape index (κ1) is 20.2. The van der Waals surface area contributed by atoms with E-state index in [1.165, 1.54) is 0 Å². The molecule has 8 heteroatoms. The Morgan fingerprint density at radius 1 is 1.21 bits per heavy atom. The number of alkyl carbamates (subject to hydrolysis) is 1. The SMILES string of the molecule is COCC(Cc1ccc(OS(C)(=O)=O)cc1)NC(=O)OC(C)(C)C. The molecule has 24 heavy (non-hydrogen) atoms. The van der Waals surface area contributed by atoms with Crippen LogP contribution in [0.4, 0.5) is 4.79 Å². The molecule has 1 atom stereocenters. The van der Waals surface area contributed by atoms with Crippen molar-refractivity contribution < 1.29 is 26.9 Å². The van der Waals surface area contributed by atoms with Crippen molar-refractivity contribution in [1.29, 1.82) is 0 Å². The largest absolute Gasteiger partial charge is 0.444 e. The number of nitrogens with one attached hydrogen (secondary N) is 1. The van der Waals surface area contributed by atoms with Crippen LogP contribution >= 0.6 is 0 Å². The Balaban J connectivity index is 2.69. The predicted molar refractivity (Wildman–Crippen MR) is 90.7 cm³/mol. The third-order valence-corrected chi connectivity index (χ3v) is 3.24. The minimum atomic E-state index is -3.55. The Morgan fingerprint density at radius 2 is 1.79 bits per heavy atom. The Hall–Kier alpha value is -1.80. The minimum Gasteiger partial charge on any atom is -0.444 e. The molecule has 7 nitrogen and oxygen atoms in total. The van der Waals surface area contributed by atoms with Gasteiger partial charge in [-0.05, 0) is 44.9 Å². The summed E-state index contributed by atoms with van der Waals surface area (Å²) >= 11 is 0. The van der Waals surface area contributed by atoms with Crippen molar-refractivity contribution in [2.24, 2.45) is 0 Å². The molecule has 0 fully saturated rings. The first-order chi connectivity index (χ1) is 11.0. The maximum atomic E-state index is 11.9. The lowest BCUT2D eigenvalue weighted by atomic mass is 10.1. The quantitative estimate of drug-likeness (QED) is 0.750. The van der Waals surface area contributed by atoms with Crippen LogP contribution in [0.2, 0.25) is 0 Å². The number of hydrogen-bond acceptors (Lipinski definition) is 6. The second-order valence-electron chi connectivity index (χ2n) is 6.43. The van der Waals surface area contributed by atoms with Crippen molar-refractivity contribution >= 4 is 16.2 Å². The molecule has 0 radical (unpaired) electrons. The van der Waals surface area contributed by atoms with E-state index in [-0.39, 0.29) is 11.8 Å². The molecule has 0 bridgehead atoms. The topological polar surface area (TPSA) is 90.9 Å². The lowest BCUT2D eigenvalue weighted by Crippen LogP contribution is -2.42. The zero-order valence-electron chi connectivity index (χ0n) is 14.7. The predicted octanol–water partition coefficient (Wildman–Crippen LogP) is 2.11. The third kappa shape index (κ3) is 8.73. The Labute approximate surface area is 143 Å². The van der Waals surface area contributed by atoms with Crippen molar-refractivity contribution in [3.63, 3.8) is 0 Å². The summed E-state index contributed by atoms with van der Waals surface area (Å²) in [6.07, 6.45) is 0.980. The number of hydrogen-bond donors (Lipinski definition) is 1. The number of carbonyl (C=O) groups is 1. The van der Waals surface area contributed by atoms with E-state index in [0.29, 0.717) is 13.0 Å². The van der Waals surface area contributed by atoms with Crippen molar-refractivity contribution in [3.05, 3.63) is 29.8 Å². The summed E-state index contributed by atoms with van der Waals surface area (Å²) in [5.41, 5.74) is 0.320. The van der Waals surface area contributed by atoms with Gasteiger partial charge in [0, 0.05) is 7.11 Å². The van der Waals surface area contributed by atoms with Crippen LogP contribution < -0.4 is 9.50 Å². The molecule has 1 aromatic carbocycles. The highest BCUT2D eigenvalue weighted by Crippen LogP contribution is 2.15. The van der Waals surface area contributed by atoms with Crippen LogP contribution in [0.5, 0.6) is 5.75 Å². The van der Waals surface area contributed by atoms with Crippen molar-refractivity contribution in [1.82, 2.24) is 5.32 Å². The number of rotatable bonds is 7. The molecule has 1 rings (SSSR count). The summed E-state index contributed by atoms with van der Waals surface area (Å²) in [5.74, 6) is 0.240. The molecule has 0 aliphatic carbocycles. The highest BCUT2D eigenvalue weighted by atomic mass is 32.2. The van der Waals surface area contributed by atoms with E-state index in [0.717, 1.165) is 11.8 Å². The second kappa shape index (κ2) is 8.34. The number of carbonyl (C=O) groups excluding carboxylic acids is 1. The summed E-state index contributed by atoms with van der Waals surface area (Å²) in [6.45, 7) is 5.69. The van der Waals surface area contributed by atoms with E-state index in [4.69, 9.17) is 13.7 Å². The lowest BCUT2D eigenvalue weighted by Gasteiger charge is -2.23. The molecule has 1 amide bonds. The van der Waals surface area contributed by atoms with Gasteiger partial charge in [-0.2, -0.15) is 8.42 Å². The highest BCUT2D eigenvalue weighted by Gasteiger charge is 2.19. The average Bonchev–Trinajstić information content (AvgIpc) is 2.37. The van der Waals surface area contributed by atoms with Gasteiger partial charge in [0.2, 0.25) is 0 Å². The van der Waals surface area contributed by atoms with E-state index >= 15 is 0 Å². The smallest absolute Gasteiger partial charge is 0.407 e. The average molecular weight is 359 g/mol. The van der Waals surface area contributed by atoms with Gasteiger partial charge in [-0.25, -0.2) is 4.79 Å². The van der Waals surface area contributed by atoms with Crippen molar-refractivity contribution in [2.75, 3.05) is 20.0 Å². The van der Waals surface area contributed by atoms with Gasteiger partial charge in [0.25, 0.3) is 0 Å². The third-order valence-electron chi connectivity index (χ3n) is 2.74. The summed E-state index contributed by atoms with van der Waals surface area (Å²) in [4.78, 5) is 11.9. The second-order valence-corrected chi connectivity index (χ2v) is 8.01. The highest BCUT2D eigenvalue weighted by molar-refractivity contribution is 7.86. The van der Waals surface area contributed by atoms with Gasteiger partial charge in [-0.15, -0.1) is 0 Å². The molecule has 0 aliphatic rings. The molecule has 0 aliphatic heterocycles. The van der Waals surface area contributed by atoms with Crippen LogP contribution in [-0.2, 0) is 26.0 Å². The Bertz CT molecular complexity index is 634. The number of amides is 1. The van der Waals surface area contributed by atoms with Crippen molar-refractivity contribution in [3.8, 4) is 5.75 Å². The molecule has 136 valence electrons. The van der Waals surface area contributed by atoms with Gasteiger partial charge >= 0.3 is 16.2 Å². The summed E-state index contributed by atoms with van der Waals surface area (Å²) in [7, 11) is -2.00. The number of methoxy groups -OCH3 is 1. The Morgan fingerprint density at radius 3 is 2.25 bits per heavy atom. The van der Waals surface area contributed by atoms with Crippen molar-refractivity contribution in [2.45, 2.75) is 38.8 Å². The van der Waals surface area contributed by atoms with Crippen LogP contribution in [0.15, 0.2) is 24.3 Å². The van der Waals surface area contributed by atoms with Crippen LogP contribution in [0.3, 0.4) is 0 Å². The maximum absolute atomic E-state index is 11.9. The number of benzene rings is 1. The lowest BCUT2D eigenvalue weighted by molar-refractivity contribution is 0.0469. The number of ether oxygens (including phenoxy) is 2. The van der Waals surface area contributed by atoms with E-state index in [1.807, 2.05) is 0 Å². The molecule has 0 saturated carbocycles. The zero-order valence-corrected chi connectivity index (χ0v) is 15.5. The van der Waals surface area contributed by atoms with Gasteiger partial charge in [0.15, 0.2) is 0 Å². The van der Waals surface area contributed by atoms with E-state index in [1.54, 1.807) is 52.1 Å². The first-order valence-electron chi connectivity index (χ1n) is 7.45. The van der Waals surface area contributed by atoms with E-state index < -0.39 is 21.8 Å². The fourth-order valence-electron chi connectivity index (χ4n) is 1.97. The van der Waals surface area contributed by atoms with Crippen LogP contribution in [0.1, 0.15) is 26.3 Å². The first-order valence-corrected chi connectivity index (χ1v) is 9.27. The minimum absolute atomic E-state index is 0.240. The molecule has 0 spiro atoms. The van der Waals surface area contributed by atoms with Gasteiger partial charge in [0.1, 0.15) is 11.4 Å². The van der Waals surface area contributed by atoms with Crippen LogP contribution in [0.25, 0.3) is 0 Å². The summed E-state index contributed by atoms with van der Waals surface area (Å²) in [5, 5.41) is 2.76. The zero-order chi connectivity index (χ0) is 18.4. The molecular formula is C16H25NO6S. The molecule has 0 heterocycles. The fraction of sp³-hybridized carbons (Fsp3) is 0.562. The maximum Gasteiger partial charge on any atom is 0.407 e. The normalized spacial score (nSPS) is 13.2. The van der Waals surface area contributed by atoms with Gasteiger partial charge in [0.05, 0.1) is 18.9 Å². The van der Waals surface area contributed by atoms with Gasteiger partial charge in [-0.1, -0.05) is 12.1 Å². The summed E-state index contributed by atoms with van der Waals surface area (Å²) < 4.78 is 37.3. The molecule has 1 N–H and O–H groups in total. The Kier molecular flexibility index (Phi) is 7.04. The van der Waals surface area contributed by atoms with E-state index in [9.17, 15) is 13.2 Å². The fourth-order valence-corrected chi connectivity index (χ4v) is 2.43. The van der Waals surface area contributed by atoms with Gasteiger partial charge < -0.3 is 19.0 Å². The summed E-state index contributed by atoms with van der Waals surface area (Å²) in [6, 6.07) is 6.33. The molecule has 0 saturated heterocycles. The van der Waals surface area contributed by atoms with E-state index in [2.05, 4.69) is 5.32 Å². The van der Waals surface area contributed by atoms with Crippen LogP contribution in [0, 0.1) is 0 Å². The van der Waals surface area contributed by atoms with Gasteiger partial charge in [-0.3, -0.25) is 0 Å².